The van der Waals surface area contributed by atoms with E-state index >= 15 is 0 Å². The first-order valence-electron chi connectivity index (χ1n) is 6.02. The Kier molecular flexibility index (Phi) is 3.14. The minimum atomic E-state index is -1.06. The average molecular weight is 260 g/mol. The Hall–Kier alpha value is -2.17. The fourth-order valence-corrected chi connectivity index (χ4v) is 1.91. The predicted octanol–water partition coefficient (Wildman–Crippen LogP) is 2.21. The number of H-pyrrole nitrogens is 1. The second-order valence-electron chi connectivity index (χ2n) is 5.79. The van der Waals surface area contributed by atoms with Gasteiger partial charge in [0, 0.05) is 6.42 Å². The topological polar surface area (TPSA) is 83.0 Å². The van der Waals surface area contributed by atoms with Crippen LogP contribution in [0.4, 0.5) is 0 Å². The van der Waals surface area contributed by atoms with Crippen molar-refractivity contribution in [3.63, 3.8) is 0 Å². The van der Waals surface area contributed by atoms with Crippen LogP contribution in [0.25, 0.3) is 10.9 Å². The zero-order valence-corrected chi connectivity index (χ0v) is 11.2. The van der Waals surface area contributed by atoms with Gasteiger partial charge in [-0.25, -0.2) is 9.78 Å². The van der Waals surface area contributed by atoms with Gasteiger partial charge >= 0.3 is 5.97 Å². The number of carboxylic acid groups (broad SMARTS) is 1. The van der Waals surface area contributed by atoms with Crippen molar-refractivity contribution >= 4 is 16.9 Å². The van der Waals surface area contributed by atoms with Gasteiger partial charge < -0.3 is 10.1 Å². The third kappa shape index (κ3) is 2.99. The largest absolute Gasteiger partial charge is 0.478 e. The molecule has 1 aromatic heterocycles. The highest BCUT2D eigenvalue weighted by Gasteiger charge is 2.15. The number of hydrogen-bond donors (Lipinski definition) is 2. The molecule has 19 heavy (non-hydrogen) atoms. The highest BCUT2D eigenvalue weighted by Crippen LogP contribution is 2.19. The summed E-state index contributed by atoms with van der Waals surface area (Å²) in [5.41, 5.74) is 0.327. The summed E-state index contributed by atoms with van der Waals surface area (Å²) in [6.07, 6.45) is 0.652. The van der Waals surface area contributed by atoms with Crippen LogP contribution in [0.1, 0.15) is 37.0 Å². The monoisotopic (exact) mass is 260 g/mol. The highest BCUT2D eigenvalue weighted by atomic mass is 16.4. The maximum atomic E-state index is 12.0. The SMILES string of the molecule is CC(C)(C)Cc1nc2ccc(C(=O)O)cc2c(=O)[nH]1. The Morgan fingerprint density at radius 1 is 1.37 bits per heavy atom. The summed E-state index contributed by atoms with van der Waals surface area (Å²) in [5, 5.41) is 9.21. The molecule has 2 aromatic rings. The molecule has 0 radical (unpaired) electrons. The van der Waals surface area contributed by atoms with E-state index in [1.165, 1.54) is 12.1 Å². The van der Waals surface area contributed by atoms with Crippen LogP contribution in [-0.2, 0) is 6.42 Å². The van der Waals surface area contributed by atoms with Crippen molar-refractivity contribution in [2.45, 2.75) is 27.2 Å². The highest BCUT2D eigenvalue weighted by molar-refractivity contribution is 5.92. The number of aromatic nitrogens is 2. The van der Waals surface area contributed by atoms with Crippen LogP contribution < -0.4 is 5.56 Å². The molecule has 0 aliphatic heterocycles. The zero-order valence-electron chi connectivity index (χ0n) is 11.2. The first-order chi connectivity index (χ1) is 8.76. The first kappa shape index (κ1) is 13.3. The third-order valence-corrected chi connectivity index (χ3v) is 2.70. The molecular weight excluding hydrogens is 244 g/mol. The second-order valence-corrected chi connectivity index (χ2v) is 5.79. The number of hydrogen-bond acceptors (Lipinski definition) is 3. The van der Waals surface area contributed by atoms with Gasteiger partial charge in [-0.15, -0.1) is 0 Å². The smallest absolute Gasteiger partial charge is 0.335 e. The number of nitrogens with one attached hydrogen (secondary N) is 1. The standard InChI is InChI=1S/C14H16N2O3/c1-14(2,3)7-11-15-10-5-4-8(13(18)19)6-9(10)12(17)16-11/h4-6H,7H2,1-3H3,(H,18,19)(H,15,16,17). The van der Waals surface area contributed by atoms with Crippen molar-refractivity contribution in [3.8, 4) is 0 Å². The Morgan fingerprint density at radius 3 is 2.63 bits per heavy atom. The molecule has 1 heterocycles. The number of benzene rings is 1. The second kappa shape index (κ2) is 4.50. The summed E-state index contributed by atoms with van der Waals surface area (Å²) in [7, 11) is 0. The van der Waals surface area contributed by atoms with Crippen LogP contribution in [0.2, 0.25) is 0 Å². The van der Waals surface area contributed by atoms with Crippen LogP contribution in [0.5, 0.6) is 0 Å². The number of nitrogens with zero attached hydrogens (tertiary/aromatic N) is 1. The molecule has 2 N–H and O–H groups in total. The molecule has 5 heteroatoms. The Morgan fingerprint density at radius 2 is 2.05 bits per heavy atom. The molecule has 0 fully saturated rings. The van der Waals surface area contributed by atoms with Crippen molar-refractivity contribution in [2.75, 3.05) is 0 Å². The zero-order chi connectivity index (χ0) is 14.2. The van der Waals surface area contributed by atoms with E-state index in [1.807, 2.05) is 0 Å². The van der Waals surface area contributed by atoms with Crippen LogP contribution >= 0.6 is 0 Å². The summed E-state index contributed by atoms with van der Waals surface area (Å²) >= 11 is 0. The van der Waals surface area contributed by atoms with Crippen LogP contribution in [0, 0.1) is 5.41 Å². The summed E-state index contributed by atoms with van der Waals surface area (Å²) in [6, 6.07) is 4.38. The lowest BCUT2D eigenvalue weighted by atomic mass is 9.92. The molecule has 0 spiro atoms. The molecule has 2 rings (SSSR count). The van der Waals surface area contributed by atoms with Crippen LogP contribution in [0.15, 0.2) is 23.0 Å². The molecule has 0 aliphatic rings. The van der Waals surface area contributed by atoms with Gasteiger partial charge in [0.05, 0.1) is 16.5 Å². The fraction of sp³-hybridized carbons (Fsp3) is 0.357. The van der Waals surface area contributed by atoms with Gasteiger partial charge in [-0.1, -0.05) is 20.8 Å². The van der Waals surface area contributed by atoms with Crippen LogP contribution in [-0.4, -0.2) is 21.0 Å². The molecule has 0 amide bonds. The maximum absolute atomic E-state index is 12.0. The van der Waals surface area contributed by atoms with E-state index in [2.05, 4.69) is 30.7 Å². The molecule has 100 valence electrons. The van der Waals surface area contributed by atoms with Gasteiger partial charge in [-0.3, -0.25) is 4.79 Å². The molecular formula is C14H16N2O3. The number of carboxylic acids is 1. The minimum Gasteiger partial charge on any atom is -0.478 e. The molecule has 0 saturated heterocycles. The third-order valence-electron chi connectivity index (χ3n) is 2.70. The van der Waals surface area contributed by atoms with Crippen LogP contribution in [0.3, 0.4) is 0 Å². The van der Waals surface area contributed by atoms with E-state index in [0.29, 0.717) is 23.1 Å². The van der Waals surface area contributed by atoms with E-state index < -0.39 is 5.97 Å². The lowest BCUT2D eigenvalue weighted by Crippen LogP contribution is -2.18. The summed E-state index contributed by atoms with van der Waals surface area (Å²) in [4.78, 5) is 29.9. The Bertz CT molecular complexity index is 696. The van der Waals surface area contributed by atoms with Gasteiger partial charge in [0.15, 0.2) is 0 Å². The summed E-state index contributed by atoms with van der Waals surface area (Å²) in [6.45, 7) is 6.18. The number of rotatable bonds is 2. The van der Waals surface area contributed by atoms with Gasteiger partial charge in [0.1, 0.15) is 5.82 Å². The van der Waals surface area contributed by atoms with Crippen molar-refractivity contribution in [1.82, 2.24) is 9.97 Å². The minimum absolute atomic E-state index is 0.0185. The van der Waals surface area contributed by atoms with Crippen molar-refractivity contribution in [1.29, 1.82) is 0 Å². The number of aromatic carboxylic acids is 1. The van der Waals surface area contributed by atoms with Gasteiger partial charge in [0.2, 0.25) is 0 Å². The maximum Gasteiger partial charge on any atom is 0.335 e. The van der Waals surface area contributed by atoms with Gasteiger partial charge in [0.25, 0.3) is 5.56 Å². The number of fused-ring (bicyclic) bond motifs is 1. The van der Waals surface area contributed by atoms with E-state index in [9.17, 15) is 9.59 Å². The predicted molar refractivity (Wildman–Crippen MR) is 72.5 cm³/mol. The molecule has 0 atom stereocenters. The van der Waals surface area contributed by atoms with Gasteiger partial charge in [-0.2, -0.15) is 0 Å². The molecule has 0 unspecified atom stereocenters. The number of carbonyl (C=O) groups is 1. The van der Waals surface area contributed by atoms with Crippen molar-refractivity contribution in [3.05, 3.63) is 39.9 Å². The van der Waals surface area contributed by atoms with Crippen molar-refractivity contribution < 1.29 is 9.90 Å². The van der Waals surface area contributed by atoms with E-state index in [4.69, 9.17) is 5.11 Å². The Balaban J connectivity index is 2.57. The Labute approximate surface area is 110 Å². The number of aromatic amines is 1. The molecule has 0 saturated carbocycles. The molecule has 0 aliphatic carbocycles. The normalized spacial score (nSPS) is 11.7. The molecule has 1 aromatic carbocycles. The average Bonchev–Trinajstić information content (AvgIpc) is 2.26. The fourth-order valence-electron chi connectivity index (χ4n) is 1.91. The van der Waals surface area contributed by atoms with Crippen molar-refractivity contribution in [2.24, 2.45) is 5.41 Å². The van der Waals surface area contributed by atoms with E-state index in [0.717, 1.165) is 0 Å². The van der Waals surface area contributed by atoms with E-state index in [-0.39, 0.29) is 16.5 Å². The molecule has 5 nitrogen and oxygen atoms in total. The summed E-state index contributed by atoms with van der Waals surface area (Å²) < 4.78 is 0. The molecule has 0 bridgehead atoms. The lowest BCUT2D eigenvalue weighted by molar-refractivity contribution is 0.0697. The van der Waals surface area contributed by atoms with E-state index in [1.54, 1.807) is 6.07 Å². The van der Waals surface area contributed by atoms with Gasteiger partial charge in [-0.05, 0) is 23.6 Å². The lowest BCUT2D eigenvalue weighted by Gasteiger charge is -2.17. The quantitative estimate of drug-likeness (QED) is 0.867. The first-order valence-corrected chi connectivity index (χ1v) is 6.02. The summed E-state index contributed by atoms with van der Waals surface area (Å²) in [5.74, 6) is -0.437.